The first kappa shape index (κ1) is 14.9. The smallest absolute Gasteiger partial charge is 0.106 e. The van der Waals surface area contributed by atoms with Crippen LogP contribution in [0.1, 0.15) is 45.4 Å². The molecule has 0 saturated carbocycles. The number of benzene rings is 1. The molecular formula is C18H25NO. The highest BCUT2D eigenvalue weighted by Crippen LogP contribution is 2.29. The number of rotatable bonds is 4. The van der Waals surface area contributed by atoms with E-state index in [9.17, 15) is 0 Å². The summed E-state index contributed by atoms with van der Waals surface area (Å²) in [4.78, 5) is 0. The molecule has 0 radical (unpaired) electrons. The Kier molecular flexibility index (Phi) is 4.34. The molecule has 0 aliphatic carbocycles. The van der Waals surface area contributed by atoms with Crippen LogP contribution in [0.5, 0.6) is 0 Å². The second-order valence-corrected chi connectivity index (χ2v) is 5.79. The molecule has 0 spiro atoms. The molecule has 2 nitrogen and oxygen atoms in total. The summed E-state index contributed by atoms with van der Waals surface area (Å²) in [5, 5.41) is 3.44. The summed E-state index contributed by atoms with van der Waals surface area (Å²) < 4.78 is 5.77. The Morgan fingerprint density at radius 2 is 1.55 bits per heavy atom. The number of aryl methyl sites for hydroxylation is 4. The third kappa shape index (κ3) is 2.96. The third-order valence-corrected chi connectivity index (χ3v) is 4.04. The summed E-state index contributed by atoms with van der Waals surface area (Å²) in [6.45, 7) is 10.6. The van der Waals surface area contributed by atoms with E-state index in [4.69, 9.17) is 4.42 Å². The Bertz CT molecular complexity index is 590. The Balaban J connectivity index is 2.33. The van der Waals surface area contributed by atoms with Crippen molar-refractivity contribution in [2.45, 2.75) is 47.1 Å². The predicted octanol–water partition coefficient (Wildman–Crippen LogP) is 4.32. The summed E-state index contributed by atoms with van der Waals surface area (Å²) in [7, 11) is 2.02. The maximum atomic E-state index is 5.77. The van der Waals surface area contributed by atoms with Crippen molar-refractivity contribution < 1.29 is 4.42 Å². The largest absolute Gasteiger partial charge is 0.466 e. The van der Waals surface area contributed by atoms with E-state index in [1.54, 1.807) is 0 Å². The van der Waals surface area contributed by atoms with Crippen molar-refractivity contribution in [1.82, 2.24) is 5.32 Å². The van der Waals surface area contributed by atoms with Gasteiger partial charge in [-0.15, -0.1) is 0 Å². The maximum absolute atomic E-state index is 5.77. The molecule has 0 aliphatic rings. The number of likely N-dealkylation sites (N-methyl/N-ethyl adjacent to an activating group) is 1. The Hall–Kier alpha value is -1.54. The molecule has 1 aromatic carbocycles. The molecule has 0 aliphatic heterocycles. The fourth-order valence-corrected chi connectivity index (χ4v) is 3.09. The molecule has 0 bridgehead atoms. The van der Waals surface area contributed by atoms with Crippen LogP contribution in [-0.4, -0.2) is 7.05 Å². The summed E-state index contributed by atoms with van der Waals surface area (Å²) in [6.07, 6.45) is 0.986. The average Bonchev–Trinajstić information content (AvgIpc) is 2.60. The minimum atomic E-state index is 0.300. The van der Waals surface area contributed by atoms with Gasteiger partial charge < -0.3 is 9.73 Å². The molecule has 108 valence electrons. The summed E-state index contributed by atoms with van der Waals surface area (Å²) in [5.41, 5.74) is 6.60. The molecular weight excluding hydrogens is 246 g/mol. The Morgan fingerprint density at radius 1 is 0.950 bits per heavy atom. The van der Waals surface area contributed by atoms with Gasteiger partial charge in [0.2, 0.25) is 0 Å². The standard InChI is InChI=1S/C18H25NO/c1-11-7-12(2)9-16(8-11)10-17(19-6)18-13(3)14(4)20-15(18)5/h7-9,17,19H,10H2,1-6H3. The van der Waals surface area contributed by atoms with E-state index in [1.165, 1.54) is 27.8 Å². The van der Waals surface area contributed by atoms with Gasteiger partial charge in [-0.2, -0.15) is 0 Å². The minimum Gasteiger partial charge on any atom is -0.466 e. The van der Waals surface area contributed by atoms with Crippen LogP contribution in [0.4, 0.5) is 0 Å². The van der Waals surface area contributed by atoms with Crippen molar-refractivity contribution >= 4 is 0 Å². The molecule has 1 unspecified atom stereocenters. The van der Waals surface area contributed by atoms with E-state index in [0.717, 1.165) is 17.9 Å². The molecule has 1 aromatic heterocycles. The van der Waals surface area contributed by atoms with Crippen LogP contribution in [0.25, 0.3) is 0 Å². The second kappa shape index (κ2) is 5.84. The number of nitrogens with one attached hydrogen (secondary N) is 1. The van der Waals surface area contributed by atoms with Gasteiger partial charge in [-0.3, -0.25) is 0 Å². The van der Waals surface area contributed by atoms with Gasteiger partial charge in [0.05, 0.1) is 0 Å². The maximum Gasteiger partial charge on any atom is 0.106 e. The lowest BCUT2D eigenvalue weighted by molar-refractivity contribution is 0.489. The highest BCUT2D eigenvalue weighted by atomic mass is 16.3. The van der Waals surface area contributed by atoms with Crippen LogP contribution in [0.3, 0.4) is 0 Å². The third-order valence-electron chi connectivity index (χ3n) is 4.04. The van der Waals surface area contributed by atoms with Gasteiger partial charge in [0.1, 0.15) is 11.5 Å². The van der Waals surface area contributed by atoms with Crippen molar-refractivity contribution in [2.75, 3.05) is 7.05 Å². The number of furan rings is 1. The summed E-state index contributed by atoms with van der Waals surface area (Å²) in [6, 6.07) is 7.06. The first-order valence-corrected chi connectivity index (χ1v) is 7.23. The molecule has 2 aromatic rings. The van der Waals surface area contributed by atoms with Crippen LogP contribution in [0.2, 0.25) is 0 Å². The molecule has 2 heteroatoms. The molecule has 0 saturated heterocycles. The van der Waals surface area contributed by atoms with Crippen molar-refractivity contribution in [1.29, 1.82) is 0 Å². The second-order valence-electron chi connectivity index (χ2n) is 5.79. The zero-order valence-corrected chi connectivity index (χ0v) is 13.4. The Labute approximate surface area is 122 Å². The lowest BCUT2D eigenvalue weighted by Gasteiger charge is -2.18. The van der Waals surface area contributed by atoms with Crippen LogP contribution in [0.15, 0.2) is 22.6 Å². The number of hydrogen-bond donors (Lipinski definition) is 1. The molecule has 0 fully saturated rings. The molecule has 1 N–H and O–H groups in total. The SMILES string of the molecule is CNC(Cc1cc(C)cc(C)c1)c1c(C)oc(C)c1C. The van der Waals surface area contributed by atoms with Crippen LogP contribution in [0, 0.1) is 34.6 Å². The van der Waals surface area contributed by atoms with Gasteiger partial charge in [-0.05, 0) is 59.2 Å². The van der Waals surface area contributed by atoms with E-state index >= 15 is 0 Å². The molecule has 20 heavy (non-hydrogen) atoms. The fraction of sp³-hybridized carbons (Fsp3) is 0.444. The van der Waals surface area contributed by atoms with Gasteiger partial charge in [-0.25, -0.2) is 0 Å². The van der Waals surface area contributed by atoms with E-state index in [0.29, 0.717) is 6.04 Å². The molecule has 0 amide bonds. The topological polar surface area (TPSA) is 25.2 Å². The van der Waals surface area contributed by atoms with E-state index in [-0.39, 0.29) is 0 Å². The molecule has 1 atom stereocenters. The highest BCUT2D eigenvalue weighted by Gasteiger charge is 2.20. The predicted molar refractivity (Wildman–Crippen MR) is 84.3 cm³/mol. The first-order chi connectivity index (χ1) is 9.42. The summed E-state index contributed by atoms with van der Waals surface area (Å²) >= 11 is 0. The van der Waals surface area contributed by atoms with Crippen molar-refractivity contribution in [3.63, 3.8) is 0 Å². The average molecular weight is 271 g/mol. The van der Waals surface area contributed by atoms with Gasteiger partial charge in [0.15, 0.2) is 0 Å². The van der Waals surface area contributed by atoms with E-state index in [2.05, 4.69) is 51.2 Å². The van der Waals surface area contributed by atoms with Gasteiger partial charge in [0.25, 0.3) is 0 Å². The molecule has 1 heterocycles. The van der Waals surface area contributed by atoms with Crippen LogP contribution >= 0.6 is 0 Å². The minimum absolute atomic E-state index is 0.300. The lowest BCUT2D eigenvalue weighted by Crippen LogP contribution is -2.20. The quantitative estimate of drug-likeness (QED) is 0.895. The Morgan fingerprint density at radius 3 is 2.00 bits per heavy atom. The van der Waals surface area contributed by atoms with E-state index in [1.807, 2.05) is 14.0 Å². The van der Waals surface area contributed by atoms with Crippen molar-refractivity contribution in [2.24, 2.45) is 0 Å². The zero-order valence-electron chi connectivity index (χ0n) is 13.4. The fourth-order valence-electron chi connectivity index (χ4n) is 3.09. The first-order valence-electron chi connectivity index (χ1n) is 7.23. The van der Waals surface area contributed by atoms with Crippen molar-refractivity contribution in [3.05, 3.63) is 57.5 Å². The monoisotopic (exact) mass is 271 g/mol. The normalized spacial score (nSPS) is 12.7. The van der Waals surface area contributed by atoms with Crippen molar-refractivity contribution in [3.8, 4) is 0 Å². The van der Waals surface area contributed by atoms with Gasteiger partial charge >= 0.3 is 0 Å². The van der Waals surface area contributed by atoms with E-state index < -0.39 is 0 Å². The van der Waals surface area contributed by atoms with Gasteiger partial charge in [-0.1, -0.05) is 29.3 Å². The highest BCUT2D eigenvalue weighted by molar-refractivity contribution is 5.36. The number of hydrogen-bond acceptors (Lipinski definition) is 2. The molecule has 2 rings (SSSR count). The lowest BCUT2D eigenvalue weighted by atomic mass is 9.94. The van der Waals surface area contributed by atoms with Crippen LogP contribution in [-0.2, 0) is 6.42 Å². The zero-order chi connectivity index (χ0) is 14.9. The van der Waals surface area contributed by atoms with Crippen LogP contribution < -0.4 is 5.32 Å². The van der Waals surface area contributed by atoms with Gasteiger partial charge in [0, 0.05) is 11.6 Å². The summed E-state index contributed by atoms with van der Waals surface area (Å²) in [5.74, 6) is 2.06.